The second-order valence-electron chi connectivity index (χ2n) is 4.77. The minimum atomic E-state index is 0.233. The van der Waals surface area contributed by atoms with E-state index in [4.69, 9.17) is 13.9 Å². The lowest BCUT2D eigenvalue weighted by molar-refractivity contribution is 0.0232. The molecule has 1 aliphatic rings. The van der Waals surface area contributed by atoms with Gasteiger partial charge >= 0.3 is 0 Å². The molecular formula is C14H23NO3. The van der Waals surface area contributed by atoms with E-state index in [2.05, 4.69) is 18.3 Å². The number of hydrogen-bond donors (Lipinski definition) is 1. The Bertz CT molecular complexity index is 356. The highest BCUT2D eigenvalue weighted by molar-refractivity contribution is 5.20. The van der Waals surface area contributed by atoms with Crippen molar-refractivity contribution in [3.05, 3.63) is 23.2 Å². The summed E-state index contributed by atoms with van der Waals surface area (Å²) < 4.78 is 16.7. The standard InChI is InChI=1S/C14H23NO3/c1-3-5-15-8-12-7-14(18-11(12)2)10-17-13-4-6-16-9-13/h7,13,15H,3-6,8-10H2,1-2H3. The fourth-order valence-electron chi connectivity index (χ4n) is 2.08. The minimum absolute atomic E-state index is 0.233. The summed E-state index contributed by atoms with van der Waals surface area (Å²) in [6.45, 7) is 8.15. The van der Waals surface area contributed by atoms with Crippen LogP contribution in [-0.4, -0.2) is 25.9 Å². The summed E-state index contributed by atoms with van der Waals surface area (Å²) >= 11 is 0. The molecule has 1 aromatic rings. The van der Waals surface area contributed by atoms with Crippen LogP contribution in [0, 0.1) is 6.92 Å². The van der Waals surface area contributed by atoms with Crippen molar-refractivity contribution >= 4 is 0 Å². The Morgan fingerprint density at radius 3 is 3.11 bits per heavy atom. The van der Waals surface area contributed by atoms with Gasteiger partial charge in [0.2, 0.25) is 0 Å². The van der Waals surface area contributed by atoms with Crippen molar-refractivity contribution in [2.45, 2.75) is 45.9 Å². The second-order valence-corrected chi connectivity index (χ2v) is 4.77. The van der Waals surface area contributed by atoms with Crippen LogP contribution < -0.4 is 5.32 Å². The summed E-state index contributed by atoms with van der Waals surface area (Å²) in [5.74, 6) is 1.90. The first-order valence-corrected chi connectivity index (χ1v) is 6.78. The van der Waals surface area contributed by atoms with Gasteiger partial charge in [-0.3, -0.25) is 0 Å². The molecule has 0 saturated carbocycles. The largest absolute Gasteiger partial charge is 0.464 e. The predicted molar refractivity (Wildman–Crippen MR) is 69.5 cm³/mol. The molecule has 1 unspecified atom stereocenters. The third-order valence-electron chi connectivity index (χ3n) is 3.16. The number of rotatable bonds is 7. The van der Waals surface area contributed by atoms with E-state index in [-0.39, 0.29) is 6.10 Å². The molecule has 0 aromatic carbocycles. The summed E-state index contributed by atoms with van der Waals surface area (Å²) in [7, 11) is 0. The third-order valence-corrected chi connectivity index (χ3v) is 3.16. The first-order valence-electron chi connectivity index (χ1n) is 6.78. The third kappa shape index (κ3) is 3.83. The molecule has 4 heteroatoms. The monoisotopic (exact) mass is 253 g/mol. The van der Waals surface area contributed by atoms with Crippen LogP contribution in [0.4, 0.5) is 0 Å². The van der Waals surface area contributed by atoms with Crippen LogP contribution in [0.15, 0.2) is 10.5 Å². The van der Waals surface area contributed by atoms with Gasteiger partial charge < -0.3 is 19.2 Å². The van der Waals surface area contributed by atoms with Crippen LogP contribution in [-0.2, 0) is 22.6 Å². The fraction of sp³-hybridized carbons (Fsp3) is 0.714. The van der Waals surface area contributed by atoms with Gasteiger partial charge in [-0.05, 0) is 32.4 Å². The highest BCUT2D eigenvalue weighted by Crippen LogP contribution is 2.17. The summed E-state index contributed by atoms with van der Waals surface area (Å²) in [6.07, 6.45) is 2.37. The average molecular weight is 253 g/mol. The van der Waals surface area contributed by atoms with Crippen molar-refractivity contribution < 1.29 is 13.9 Å². The van der Waals surface area contributed by atoms with Crippen molar-refractivity contribution in [3.8, 4) is 0 Å². The molecule has 0 radical (unpaired) electrons. The van der Waals surface area contributed by atoms with Gasteiger partial charge in [-0.15, -0.1) is 0 Å². The predicted octanol–water partition coefficient (Wildman–Crippen LogP) is 2.39. The molecule has 18 heavy (non-hydrogen) atoms. The zero-order valence-electron chi connectivity index (χ0n) is 11.3. The molecule has 1 aliphatic heterocycles. The summed E-state index contributed by atoms with van der Waals surface area (Å²) in [4.78, 5) is 0. The maximum atomic E-state index is 5.74. The Morgan fingerprint density at radius 2 is 2.39 bits per heavy atom. The Balaban J connectivity index is 1.79. The Kier molecular flexibility index (Phi) is 5.23. The molecule has 0 bridgehead atoms. The van der Waals surface area contributed by atoms with Gasteiger partial charge in [0.15, 0.2) is 0 Å². The first-order chi connectivity index (χ1) is 8.79. The smallest absolute Gasteiger partial charge is 0.130 e. The number of hydrogen-bond acceptors (Lipinski definition) is 4. The van der Waals surface area contributed by atoms with Crippen LogP contribution in [0.25, 0.3) is 0 Å². The Hall–Kier alpha value is -0.840. The molecule has 4 nitrogen and oxygen atoms in total. The molecule has 0 spiro atoms. The average Bonchev–Trinajstić information content (AvgIpc) is 2.97. The van der Waals surface area contributed by atoms with Crippen LogP contribution in [0.3, 0.4) is 0 Å². The van der Waals surface area contributed by atoms with Crippen LogP contribution >= 0.6 is 0 Å². The summed E-state index contributed by atoms with van der Waals surface area (Å²) in [5.41, 5.74) is 1.23. The van der Waals surface area contributed by atoms with Crippen LogP contribution in [0.2, 0.25) is 0 Å². The Morgan fingerprint density at radius 1 is 1.50 bits per heavy atom. The van der Waals surface area contributed by atoms with Crippen LogP contribution in [0.1, 0.15) is 36.8 Å². The lowest BCUT2D eigenvalue weighted by Crippen LogP contribution is -2.13. The summed E-state index contributed by atoms with van der Waals surface area (Å²) in [6, 6.07) is 2.09. The van der Waals surface area contributed by atoms with Gasteiger partial charge in [0, 0.05) is 18.7 Å². The van der Waals surface area contributed by atoms with E-state index in [9.17, 15) is 0 Å². The van der Waals surface area contributed by atoms with Crippen molar-refractivity contribution in [1.29, 1.82) is 0 Å². The van der Waals surface area contributed by atoms with E-state index in [1.165, 1.54) is 5.56 Å². The van der Waals surface area contributed by atoms with Crippen molar-refractivity contribution in [2.75, 3.05) is 19.8 Å². The molecule has 1 fully saturated rings. The van der Waals surface area contributed by atoms with Crippen molar-refractivity contribution in [2.24, 2.45) is 0 Å². The molecule has 1 atom stereocenters. The van der Waals surface area contributed by atoms with E-state index in [0.717, 1.165) is 44.1 Å². The van der Waals surface area contributed by atoms with Gasteiger partial charge in [0.1, 0.15) is 18.1 Å². The SMILES string of the molecule is CCCNCc1cc(COC2CCOC2)oc1C. The van der Waals surface area contributed by atoms with E-state index in [1.807, 2.05) is 6.92 Å². The van der Waals surface area contributed by atoms with Gasteiger partial charge in [0.25, 0.3) is 0 Å². The van der Waals surface area contributed by atoms with Gasteiger partial charge in [-0.2, -0.15) is 0 Å². The zero-order chi connectivity index (χ0) is 12.8. The molecule has 1 saturated heterocycles. The first kappa shape index (κ1) is 13.6. The van der Waals surface area contributed by atoms with E-state index < -0.39 is 0 Å². The number of furan rings is 1. The molecule has 2 heterocycles. The molecule has 1 aromatic heterocycles. The highest BCUT2D eigenvalue weighted by Gasteiger charge is 2.17. The van der Waals surface area contributed by atoms with Crippen molar-refractivity contribution in [3.63, 3.8) is 0 Å². The highest BCUT2D eigenvalue weighted by atomic mass is 16.5. The molecule has 0 aliphatic carbocycles. The fourth-order valence-corrected chi connectivity index (χ4v) is 2.08. The molecular weight excluding hydrogens is 230 g/mol. The lowest BCUT2D eigenvalue weighted by atomic mass is 10.2. The van der Waals surface area contributed by atoms with E-state index >= 15 is 0 Å². The number of nitrogens with one attached hydrogen (secondary N) is 1. The number of ether oxygens (including phenoxy) is 2. The lowest BCUT2D eigenvalue weighted by Gasteiger charge is -2.07. The van der Waals surface area contributed by atoms with Gasteiger partial charge in [-0.1, -0.05) is 6.92 Å². The number of aryl methyl sites for hydroxylation is 1. The molecule has 102 valence electrons. The molecule has 1 N–H and O–H groups in total. The maximum absolute atomic E-state index is 5.74. The Labute approximate surface area is 109 Å². The minimum Gasteiger partial charge on any atom is -0.464 e. The molecule has 2 rings (SSSR count). The normalized spacial score (nSPS) is 19.6. The van der Waals surface area contributed by atoms with Gasteiger partial charge in [0.05, 0.1) is 12.7 Å². The van der Waals surface area contributed by atoms with E-state index in [1.54, 1.807) is 0 Å². The quantitative estimate of drug-likeness (QED) is 0.758. The van der Waals surface area contributed by atoms with Crippen LogP contribution in [0.5, 0.6) is 0 Å². The second kappa shape index (κ2) is 6.92. The zero-order valence-corrected chi connectivity index (χ0v) is 11.3. The molecule has 0 amide bonds. The summed E-state index contributed by atoms with van der Waals surface area (Å²) in [5, 5.41) is 3.38. The van der Waals surface area contributed by atoms with E-state index in [0.29, 0.717) is 13.2 Å². The van der Waals surface area contributed by atoms with Crippen molar-refractivity contribution in [1.82, 2.24) is 5.32 Å². The topological polar surface area (TPSA) is 43.6 Å². The maximum Gasteiger partial charge on any atom is 0.130 e. The van der Waals surface area contributed by atoms with Gasteiger partial charge in [-0.25, -0.2) is 0 Å².